The lowest BCUT2D eigenvalue weighted by Crippen LogP contribution is -2.42. The number of anilines is 2. The van der Waals surface area contributed by atoms with Crippen LogP contribution >= 0.6 is 22.6 Å². The molecular formula is C58H67IN14O16. The molecule has 4 aliphatic heterocycles. The molecule has 10 rings (SSSR count). The number of benzene rings is 2. The molecule has 8 heterocycles. The van der Waals surface area contributed by atoms with Crippen LogP contribution in [0, 0.1) is 39.9 Å². The SMILES string of the molecule is C#CCC1CCN(C(=O)Oc2ccc(C(=O)OC)cc2)CC1.CCNC(=O)[C@H]1O[C@@H](n2cnc3c(N)nc(C#CCC4CCN(C(=O)Oc5ccc(C(=O)OC)cc5)CC4)nc32)[C@@H](O)C1O.CCNC(=O)[C@H]1O[C@@H](n2cnc3c(N)nc(I)nc32)[C@@H](O)C1O. The van der Waals surface area contributed by atoms with Gasteiger partial charge in [-0.2, -0.15) is 0 Å². The van der Waals surface area contributed by atoms with Gasteiger partial charge in [-0.1, -0.05) is 5.92 Å². The molecule has 0 saturated carbocycles. The maximum absolute atomic E-state index is 12.6. The summed E-state index contributed by atoms with van der Waals surface area (Å²) in [6.07, 6.45) is 1.67. The lowest BCUT2D eigenvalue weighted by atomic mass is 9.94. The Morgan fingerprint density at radius 1 is 0.629 bits per heavy atom. The van der Waals surface area contributed by atoms with Gasteiger partial charge >= 0.3 is 24.1 Å². The summed E-state index contributed by atoms with van der Waals surface area (Å²) in [6.45, 7) is 6.54. The number of halogens is 1. The number of fused-ring (bicyclic) bond motifs is 2. The molecule has 89 heavy (non-hydrogen) atoms. The van der Waals surface area contributed by atoms with Crippen molar-refractivity contribution < 1.29 is 77.6 Å². The number of hydrogen-bond acceptors (Lipinski definition) is 24. The molecule has 2 aromatic carbocycles. The lowest BCUT2D eigenvalue weighted by molar-refractivity contribution is -0.138. The number of hydrogen-bond donors (Lipinski definition) is 8. The van der Waals surface area contributed by atoms with Crippen molar-refractivity contribution in [3.8, 4) is 35.7 Å². The molecular weight excluding hydrogens is 1280 g/mol. The first-order chi connectivity index (χ1) is 42.8. The van der Waals surface area contributed by atoms with E-state index < -0.39 is 78.9 Å². The van der Waals surface area contributed by atoms with Crippen LogP contribution in [0.2, 0.25) is 0 Å². The van der Waals surface area contributed by atoms with Gasteiger partial charge in [-0.3, -0.25) is 18.7 Å². The molecule has 8 atom stereocenters. The third kappa shape index (κ3) is 15.9. The minimum absolute atomic E-state index is 0.0816. The Labute approximate surface area is 523 Å². The number of aromatic nitrogens is 8. The Balaban J connectivity index is 0.000000191. The van der Waals surface area contributed by atoms with Crippen LogP contribution in [0.5, 0.6) is 11.5 Å². The van der Waals surface area contributed by atoms with Crippen molar-refractivity contribution in [3.63, 3.8) is 0 Å². The third-order valence-electron chi connectivity index (χ3n) is 14.8. The van der Waals surface area contributed by atoms with Crippen molar-refractivity contribution in [2.24, 2.45) is 11.8 Å². The number of piperidine rings is 2. The summed E-state index contributed by atoms with van der Waals surface area (Å²) in [7, 11) is 2.62. The highest BCUT2D eigenvalue weighted by atomic mass is 127. The van der Waals surface area contributed by atoms with Gasteiger partial charge in [0, 0.05) is 74.7 Å². The maximum Gasteiger partial charge on any atom is 0.415 e. The first-order valence-electron chi connectivity index (χ1n) is 28.2. The number of rotatable bonds is 12. The van der Waals surface area contributed by atoms with E-state index in [1.807, 2.05) is 22.6 Å². The number of nitrogens with one attached hydrogen (secondary N) is 2. The standard InChI is InChI=1S/C29H33N7O8.C17H19NO4.C12H15IN6O4/c1-3-31-26(39)23-21(37)22(38)27(44-23)36-15-32-20-24(30)33-19(34-25(20)36)6-4-5-16-11-13-35(14-12-16)29(41)43-18-9-7-17(8-10-18)28(40)42-2;1-3-4-13-9-11-18(12-10-13)17(20)22-15-7-5-14(6-8-15)16(19)21-2;1-2-15-10(22)7-5(20)6(21)11(23-7)19-3-16-4-8(14)17-12(13)18-9(4)19/h7-10,15-16,21-23,27,37-38H,3,5,11-14H2,1-2H3,(H,31,39)(H2,30,33,34);1,5-8,13H,4,9-12H2,2H3;3,5-7,11,20-21H,2H2,1H3,(H,15,22)(H2,14,17,18)/t21?,22-,23-,27+;;5?,6-,7-,11+/m0.0/s1. The molecule has 4 fully saturated rings. The Hall–Kier alpha value is -8.83. The van der Waals surface area contributed by atoms with Crippen molar-refractivity contribution in [2.45, 2.75) is 101 Å². The fourth-order valence-electron chi connectivity index (χ4n) is 10.0. The first-order valence-corrected chi connectivity index (χ1v) is 29.3. The Bertz CT molecular complexity index is 3610. The Morgan fingerprint density at radius 3 is 1.46 bits per heavy atom. The molecule has 2 unspecified atom stereocenters. The number of likely N-dealkylation sites (N-methyl/N-ethyl adjacent to an activating group) is 2. The molecule has 472 valence electrons. The number of likely N-dealkylation sites (tertiary alicyclic amines) is 2. The first kappa shape index (κ1) is 66.1. The number of carbonyl (C=O) groups excluding carboxylic acids is 6. The van der Waals surface area contributed by atoms with E-state index in [-0.39, 0.29) is 40.6 Å². The number of amides is 4. The normalized spacial score (nSPS) is 21.6. The zero-order valence-electron chi connectivity index (χ0n) is 48.8. The third-order valence-corrected chi connectivity index (χ3v) is 15.3. The number of nitrogens with zero attached hydrogens (tertiary/aromatic N) is 10. The molecule has 6 aromatic rings. The monoisotopic (exact) mass is 1340 g/mol. The number of imidazole rings is 2. The number of esters is 2. The van der Waals surface area contributed by atoms with E-state index in [2.05, 4.69) is 67.8 Å². The Kier molecular flexibility index (Phi) is 22.6. The van der Waals surface area contributed by atoms with Gasteiger partial charge in [-0.05, 0) is 106 Å². The highest BCUT2D eigenvalue weighted by molar-refractivity contribution is 14.1. The number of ether oxygens (including phenoxy) is 6. The van der Waals surface area contributed by atoms with Crippen LogP contribution in [0.3, 0.4) is 0 Å². The van der Waals surface area contributed by atoms with E-state index in [1.165, 1.54) is 48.1 Å². The Morgan fingerprint density at radius 2 is 1.04 bits per heavy atom. The number of terminal acetylenes is 1. The van der Waals surface area contributed by atoms with Crippen LogP contribution in [0.25, 0.3) is 22.3 Å². The molecule has 30 nitrogen and oxygen atoms in total. The zero-order valence-corrected chi connectivity index (χ0v) is 51.0. The number of methoxy groups -OCH3 is 2. The highest BCUT2D eigenvalue weighted by Crippen LogP contribution is 2.34. The fraction of sp³-hybridized carbons (Fsp3) is 0.448. The molecule has 0 aliphatic carbocycles. The molecule has 4 amide bonds. The number of carbonyl (C=O) groups is 6. The number of aliphatic hydroxyl groups excluding tert-OH is 4. The predicted octanol–water partition coefficient (Wildman–Crippen LogP) is 2.08. The molecule has 0 bridgehead atoms. The van der Waals surface area contributed by atoms with Gasteiger partial charge in [-0.15, -0.1) is 12.3 Å². The minimum Gasteiger partial charge on any atom is -0.465 e. The second-order valence-electron chi connectivity index (χ2n) is 20.6. The van der Waals surface area contributed by atoms with E-state index in [0.717, 1.165) is 32.1 Å². The van der Waals surface area contributed by atoms with Crippen molar-refractivity contribution in [3.05, 3.63) is 82.0 Å². The summed E-state index contributed by atoms with van der Waals surface area (Å²) >= 11 is 1.91. The molecule has 0 radical (unpaired) electrons. The smallest absolute Gasteiger partial charge is 0.415 e. The summed E-state index contributed by atoms with van der Waals surface area (Å²) in [5, 5.41) is 46.4. The van der Waals surface area contributed by atoms with E-state index in [0.29, 0.717) is 89.2 Å². The molecule has 0 spiro atoms. The van der Waals surface area contributed by atoms with Crippen molar-refractivity contribution in [2.75, 3.05) is 65.0 Å². The highest BCUT2D eigenvalue weighted by Gasteiger charge is 2.49. The number of nitrogens with two attached hydrogens (primary N) is 2. The van der Waals surface area contributed by atoms with Crippen LogP contribution < -0.4 is 31.6 Å². The largest absolute Gasteiger partial charge is 0.465 e. The average Bonchev–Trinajstić information content (AvgIpc) is 1.68. The fourth-order valence-corrected chi connectivity index (χ4v) is 10.5. The molecule has 4 aliphatic rings. The maximum atomic E-state index is 12.6. The van der Waals surface area contributed by atoms with E-state index in [9.17, 15) is 49.2 Å². The summed E-state index contributed by atoms with van der Waals surface area (Å²) in [6, 6.07) is 12.4. The van der Waals surface area contributed by atoms with Crippen LogP contribution in [0.1, 0.15) is 91.4 Å². The van der Waals surface area contributed by atoms with Gasteiger partial charge in [0.2, 0.25) is 5.82 Å². The number of nitrogen functional groups attached to an aromatic ring is 2. The van der Waals surface area contributed by atoms with Crippen LogP contribution in [0.15, 0.2) is 61.2 Å². The predicted molar refractivity (Wildman–Crippen MR) is 323 cm³/mol. The van der Waals surface area contributed by atoms with Gasteiger partial charge in [0.1, 0.15) is 46.9 Å². The van der Waals surface area contributed by atoms with Gasteiger partial charge in [0.25, 0.3) is 11.8 Å². The van der Waals surface area contributed by atoms with Gasteiger partial charge in [-0.25, -0.2) is 49.1 Å². The van der Waals surface area contributed by atoms with E-state index >= 15 is 0 Å². The summed E-state index contributed by atoms with van der Waals surface area (Å²) in [4.78, 5) is 100. The number of aliphatic hydroxyl groups is 4. The summed E-state index contributed by atoms with van der Waals surface area (Å²) < 4.78 is 34.5. The van der Waals surface area contributed by atoms with E-state index in [4.69, 9.17) is 36.8 Å². The molecule has 4 aromatic heterocycles. The van der Waals surface area contributed by atoms with Crippen LogP contribution in [-0.4, -0.2) is 195 Å². The summed E-state index contributed by atoms with van der Waals surface area (Å²) in [5.41, 5.74) is 13.9. The van der Waals surface area contributed by atoms with Crippen molar-refractivity contribution in [1.82, 2.24) is 59.5 Å². The molecule has 10 N–H and O–H groups in total. The quantitative estimate of drug-likeness (QED) is 0.0376. The van der Waals surface area contributed by atoms with Crippen molar-refractivity contribution >= 4 is 92.5 Å². The summed E-state index contributed by atoms with van der Waals surface area (Å²) in [5.74, 6) is 8.67. The average molecular weight is 1340 g/mol. The van der Waals surface area contributed by atoms with E-state index in [1.54, 1.807) is 60.0 Å². The minimum atomic E-state index is -1.45. The second kappa shape index (κ2) is 30.4. The molecule has 4 saturated heterocycles. The van der Waals surface area contributed by atoms with Crippen LogP contribution in [0.4, 0.5) is 21.2 Å². The second-order valence-corrected chi connectivity index (χ2v) is 21.6. The zero-order chi connectivity index (χ0) is 64.1. The topological polar surface area (TPSA) is 408 Å². The van der Waals surface area contributed by atoms with Gasteiger partial charge < -0.3 is 80.7 Å². The molecule has 31 heteroatoms. The van der Waals surface area contributed by atoms with Crippen molar-refractivity contribution in [1.29, 1.82) is 0 Å². The van der Waals surface area contributed by atoms with Gasteiger partial charge in [0.05, 0.1) is 38.0 Å². The van der Waals surface area contributed by atoms with Gasteiger partial charge in [0.15, 0.2) is 51.4 Å². The lowest BCUT2D eigenvalue weighted by Gasteiger charge is -2.30. The van der Waals surface area contributed by atoms with Crippen LogP contribution in [-0.2, 0) is 28.5 Å².